The van der Waals surface area contributed by atoms with E-state index in [2.05, 4.69) is 24.7 Å². The molecule has 0 atom stereocenters. The van der Waals surface area contributed by atoms with Gasteiger partial charge in [-0.05, 0) is 18.2 Å². The lowest BCUT2D eigenvalue weighted by atomic mass is 10.5. The zero-order valence-corrected chi connectivity index (χ0v) is 10.3. The highest BCUT2D eigenvalue weighted by molar-refractivity contribution is 7.90. The van der Waals surface area contributed by atoms with E-state index in [9.17, 15) is 13.5 Å². The second kappa shape index (κ2) is 5.40. The van der Waals surface area contributed by atoms with Gasteiger partial charge in [-0.25, -0.2) is 15.0 Å². The van der Waals surface area contributed by atoms with E-state index in [4.69, 9.17) is 0 Å². The summed E-state index contributed by atoms with van der Waals surface area (Å²) in [4.78, 5) is 11.0. The number of amidine groups is 1. The van der Waals surface area contributed by atoms with E-state index < -0.39 is 16.0 Å². The Bertz CT molecular complexity index is 673. The number of rotatable bonds is 3. The Kier molecular flexibility index (Phi) is 3.66. The van der Waals surface area contributed by atoms with Crippen molar-refractivity contribution in [2.24, 2.45) is 4.40 Å². The molecule has 2 heterocycles. The number of anilines is 1. The predicted octanol–water partition coefficient (Wildman–Crippen LogP) is -0.611. The Balaban J connectivity index is 2.21. The zero-order chi connectivity index (χ0) is 13.7. The molecular formula is C10H8N5O3S-. The van der Waals surface area contributed by atoms with Gasteiger partial charge in [0.1, 0.15) is 0 Å². The fourth-order valence-corrected chi connectivity index (χ4v) is 1.94. The van der Waals surface area contributed by atoms with Crippen LogP contribution in [0.3, 0.4) is 0 Å². The van der Waals surface area contributed by atoms with Gasteiger partial charge in [0.05, 0.1) is 6.02 Å². The van der Waals surface area contributed by atoms with E-state index in [0.29, 0.717) is 0 Å². The predicted molar refractivity (Wildman–Crippen MR) is 64.5 cm³/mol. The average Bonchev–Trinajstić information content (AvgIpc) is 2.40. The minimum absolute atomic E-state index is 0.0347. The van der Waals surface area contributed by atoms with Crippen LogP contribution in [0.1, 0.15) is 0 Å². The molecule has 98 valence electrons. The fraction of sp³-hybridized carbons (Fsp3) is 0. The SMILES string of the molecule is O=S(=O)(N=C([O-])Nc1ncccn1)c1ccccn1. The molecule has 9 heteroatoms. The lowest BCUT2D eigenvalue weighted by Gasteiger charge is -2.10. The van der Waals surface area contributed by atoms with Crippen LogP contribution in [0.25, 0.3) is 0 Å². The van der Waals surface area contributed by atoms with Crippen molar-refractivity contribution in [3.8, 4) is 0 Å². The molecule has 0 aromatic carbocycles. The molecule has 0 bridgehead atoms. The molecule has 2 aromatic heterocycles. The summed E-state index contributed by atoms with van der Waals surface area (Å²) in [7, 11) is -4.13. The summed E-state index contributed by atoms with van der Waals surface area (Å²) in [6, 6.07) is 4.74. The molecule has 2 rings (SSSR count). The Morgan fingerprint density at radius 2 is 1.79 bits per heavy atom. The van der Waals surface area contributed by atoms with Gasteiger partial charge in [0, 0.05) is 18.6 Å². The maximum absolute atomic E-state index is 11.7. The lowest BCUT2D eigenvalue weighted by Crippen LogP contribution is -2.29. The molecule has 0 unspecified atom stereocenters. The van der Waals surface area contributed by atoms with Crippen LogP contribution in [0.5, 0.6) is 0 Å². The quantitative estimate of drug-likeness (QED) is 0.587. The minimum atomic E-state index is -4.13. The molecule has 0 fully saturated rings. The smallest absolute Gasteiger partial charge is 0.300 e. The highest BCUT2D eigenvalue weighted by Gasteiger charge is 2.12. The van der Waals surface area contributed by atoms with Crippen LogP contribution in [0.15, 0.2) is 52.3 Å². The number of pyridine rings is 1. The Labute approximate surface area is 109 Å². The van der Waals surface area contributed by atoms with Gasteiger partial charge in [-0.15, -0.1) is 0 Å². The van der Waals surface area contributed by atoms with Gasteiger partial charge >= 0.3 is 10.0 Å². The van der Waals surface area contributed by atoms with E-state index >= 15 is 0 Å². The van der Waals surface area contributed by atoms with E-state index in [1.54, 1.807) is 12.1 Å². The summed E-state index contributed by atoms with van der Waals surface area (Å²) in [6.07, 6.45) is 4.09. The maximum Gasteiger partial charge on any atom is 0.300 e. The molecule has 0 aliphatic heterocycles. The first-order chi connectivity index (χ1) is 9.08. The summed E-state index contributed by atoms with van der Waals surface area (Å²) < 4.78 is 26.5. The van der Waals surface area contributed by atoms with Gasteiger partial charge in [-0.1, -0.05) is 6.07 Å². The summed E-state index contributed by atoms with van der Waals surface area (Å²) in [6.45, 7) is 0. The molecule has 0 spiro atoms. The number of sulfonamides is 1. The first kappa shape index (κ1) is 12.9. The zero-order valence-electron chi connectivity index (χ0n) is 9.46. The topological polar surface area (TPSA) is 120 Å². The Morgan fingerprint density at radius 1 is 1.11 bits per heavy atom. The van der Waals surface area contributed by atoms with Crippen LogP contribution >= 0.6 is 0 Å². The third kappa shape index (κ3) is 3.45. The largest absolute Gasteiger partial charge is 0.845 e. The van der Waals surface area contributed by atoms with Crippen molar-refractivity contribution in [2.45, 2.75) is 5.03 Å². The van der Waals surface area contributed by atoms with Gasteiger partial charge in [0.2, 0.25) is 5.95 Å². The molecule has 19 heavy (non-hydrogen) atoms. The third-order valence-corrected chi connectivity index (χ3v) is 3.07. The van der Waals surface area contributed by atoms with Crippen LogP contribution < -0.4 is 10.4 Å². The molecule has 0 saturated heterocycles. The van der Waals surface area contributed by atoms with Crippen molar-refractivity contribution >= 4 is 22.0 Å². The number of hydrogen-bond donors (Lipinski definition) is 1. The van der Waals surface area contributed by atoms with Crippen molar-refractivity contribution in [1.82, 2.24) is 15.0 Å². The first-order valence-corrected chi connectivity index (χ1v) is 6.49. The summed E-state index contributed by atoms with van der Waals surface area (Å²) in [5.74, 6) is -0.0347. The van der Waals surface area contributed by atoms with Gasteiger partial charge in [-0.2, -0.15) is 12.8 Å². The molecule has 0 aliphatic rings. The lowest BCUT2D eigenvalue weighted by molar-refractivity contribution is -0.213. The highest BCUT2D eigenvalue weighted by Crippen LogP contribution is 2.07. The molecule has 0 aliphatic carbocycles. The molecule has 1 N–H and O–H groups in total. The Morgan fingerprint density at radius 3 is 2.42 bits per heavy atom. The first-order valence-electron chi connectivity index (χ1n) is 5.05. The van der Waals surface area contributed by atoms with Gasteiger partial charge in [-0.3, -0.25) is 0 Å². The standard InChI is InChI=1S/C10H9N5O3S/c16-10(14-9-12-6-3-7-13-9)15-19(17,18)8-4-1-2-5-11-8/h1-7H,(H2,12,13,14,15,16)/p-1. The van der Waals surface area contributed by atoms with Crippen molar-refractivity contribution in [3.63, 3.8) is 0 Å². The van der Waals surface area contributed by atoms with Crippen LogP contribution in [-0.2, 0) is 10.0 Å². The number of nitrogens with one attached hydrogen (secondary N) is 1. The monoisotopic (exact) mass is 278 g/mol. The van der Waals surface area contributed by atoms with Crippen LogP contribution in [0.4, 0.5) is 5.95 Å². The summed E-state index contributed by atoms with van der Waals surface area (Å²) >= 11 is 0. The van der Waals surface area contributed by atoms with Crippen molar-refractivity contribution in [3.05, 3.63) is 42.9 Å². The van der Waals surface area contributed by atoms with Gasteiger partial charge in [0.25, 0.3) is 0 Å². The minimum Gasteiger partial charge on any atom is -0.845 e. The van der Waals surface area contributed by atoms with E-state index in [1.807, 2.05) is 0 Å². The second-order valence-electron chi connectivity index (χ2n) is 3.24. The highest BCUT2D eigenvalue weighted by atomic mass is 32.2. The Hall–Kier alpha value is -2.55. The summed E-state index contributed by atoms with van der Waals surface area (Å²) in [5, 5.41) is 13.3. The number of aromatic nitrogens is 3. The van der Waals surface area contributed by atoms with Crippen LogP contribution in [0.2, 0.25) is 0 Å². The number of hydrogen-bond acceptors (Lipinski definition) is 6. The van der Waals surface area contributed by atoms with E-state index in [-0.39, 0.29) is 11.0 Å². The molecular weight excluding hydrogens is 270 g/mol. The van der Waals surface area contributed by atoms with Gasteiger partial charge < -0.3 is 10.4 Å². The van der Waals surface area contributed by atoms with Crippen molar-refractivity contribution < 1.29 is 13.5 Å². The van der Waals surface area contributed by atoms with Crippen LogP contribution in [0, 0.1) is 0 Å². The van der Waals surface area contributed by atoms with Crippen molar-refractivity contribution in [1.29, 1.82) is 0 Å². The van der Waals surface area contributed by atoms with Crippen LogP contribution in [-0.4, -0.2) is 29.4 Å². The van der Waals surface area contributed by atoms with Crippen molar-refractivity contribution in [2.75, 3.05) is 5.32 Å². The fourth-order valence-electron chi connectivity index (χ4n) is 1.14. The van der Waals surface area contributed by atoms with E-state index in [0.717, 1.165) is 0 Å². The average molecular weight is 278 g/mol. The molecule has 0 radical (unpaired) electrons. The third-order valence-electron chi connectivity index (χ3n) is 1.89. The maximum atomic E-state index is 11.7. The summed E-state index contributed by atoms with van der Waals surface area (Å²) in [5.41, 5.74) is 0. The number of nitrogens with zero attached hydrogens (tertiary/aromatic N) is 4. The van der Waals surface area contributed by atoms with E-state index in [1.165, 1.54) is 30.7 Å². The molecule has 0 saturated carbocycles. The second-order valence-corrected chi connectivity index (χ2v) is 4.79. The van der Waals surface area contributed by atoms with Gasteiger partial charge in [0.15, 0.2) is 5.03 Å². The molecule has 8 nitrogen and oxygen atoms in total. The normalized spacial score (nSPS) is 12.1. The molecule has 2 aromatic rings. The molecule has 0 amide bonds.